The summed E-state index contributed by atoms with van der Waals surface area (Å²) in [5, 5.41) is 17.1. The summed E-state index contributed by atoms with van der Waals surface area (Å²) in [5.74, 6) is -0.716. The maximum Gasteiger partial charge on any atom is 0.274 e. The molecule has 1 aliphatic heterocycles. The Hall–Kier alpha value is -4.02. The highest BCUT2D eigenvalue weighted by atomic mass is 35.5. The van der Waals surface area contributed by atoms with E-state index in [4.69, 9.17) is 23.2 Å². The first-order chi connectivity index (χ1) is 17.8. The molecule has 0 unspecified atom stereocenters. The van der Waals surface area contributed by atoms with Gasteiger partial charge in [-0.15, -0.1) is 0 Å². The summed E-state index contributed by atoms with van der Waals surface area (Å²) in [6.45, 7) is 1.69. The Labute approximate surface area is 222 Å². The number of rotatable bonds is 7. The number of nitro groups is 1. The van der Waals surface area contributed by atoms with Gasteiger partial charge in [0.15, 0.2) is 0 Å². The number of non-ortho nitro benzene ring substituents is 1. The van der Waals surface area contributed by atoms with Crippen molar-refractivity contribution < 1.29 is 14.5 Å². The van der Waals surface area contributed by atoms with Crippen molar-refractivity contribution in [3.05, 3.63) is 98.3 Å². The van der Waals surface area contributed by atoms with E-state index in [1.807, 2.05) is 4.90 Å². The van der Waals surface area contributed by atoms with Crippen molar-refractivity contribution in [2.75, 3.05) is 37.6 Å². The lowest BCUT2D eigenvalue weighted by atomic mass is 10.2. The molecule has 0 aliphatic carbocycles. The number of carbonyl (C=O) groups excluding carboxylic acids is 2. The number of aromatic nitrogens is 1. The molecule has 1 aliphatic rings. The van der Waals surface area contributed by atoms with Crippen molar-refractivity contribution in [2.45, 2.75) is 0 Å². The number of hydrogen-bond acceptors (Lipinski definition) is 7. The molecule has 0 saturated carbocycles. The minimum absolute atomic E-state index is 0.0250. The van der Waals surface area contributed by atoms with Crippen LogP contribution in [0.25, 0.3) is 0 Å². The summed E-state index contributed by atoms with van der Waals surface area (Å²) < 4.78 is 0. The summed E-state index contributed by atoms with van der Waals surface area (Å²) >= 11 is 12.2. The molecule has 0 bridgehead atoms. The molecule has 3 aromatic rings. The topological polar surface area (TPSA) is 112 Å². The Morgan fingerprint density at radius 1 is 1.03 bits per heavy atom. The first-order valence-electron chi connectivity index (χ1n) is 11.3. The zero-order chi connectivity index (χ0) is 26.4. The molecule has 12 heteroatoms. The predicted octanol–water partition coefficient (Wildman–Crippen LogP) is 4.12. The zero-order valence-electron chi connectivity index (χ0n) is 19.5. The molecular formula is C25H22Cl2N6O4. The molecule has 0 atom stereocenters. The number of halogens is 2. The normalized spacial score (nSPS) is 13.6. The smallest absolute Gasteiger partial charge is 0.274 e. The third kappa shape index (κ3) is 6.60. The van der Waals surface area contributed by atoms with E-state index in [1.54, 1.807) is 47.4 Å². The van der Waals surface area contributed by atoms with E-state index in [9.17, 15) is 19.7 Å². The Morgan fingerprint density at radius 2 is 1.70 bits per heavy atom. The molecule has 0 N–H and O–H groups in total. The Bertz CT molecular complexity index is 1310. The van der Waals surface area contributed by atoms with Crippen LogP contribution in [0.5, 0.6) is 0 Å². The maximum atomic E-state index is 13.1. The average Bonchev–Trinajstić information content (AvgIpc) is 2.92. The van der Waals surface area contributed by atoms with Crippen molar-refractivity contribution in [3.8, 4) is 0 Å². The lowest BCUT2D eigenvalue weighted by Gasteiger charge is -2.36. The Balaban J connectivity index is 1.44. The summed E-state index contributed by atoms with van der Waals surface area (Å²) in [4.78, 5) is 44.4. The van der Waals surface area contributed by atoms with Crippen LogP contribution in [-0.2, 0) is 4.79 Å². The van der Waals surface area contributed by atoms with Gasteiger partial charge in [-0.05, 0) is 36.4 Å². The molecule has 1 aromatic heterocycles. The van der Waals surface area contributed by atoms with E-state index in [2.05, 4.69) is 10.1 Å². The van der Waals surface area contributed by atoms with Gasteiger partial charge in [0.05, 0.1) is 16.2 Å². The standard InChI is InChI=1S/C25H22Cl2N6O4/c26-20-2-1-19(23(27)15-20)16-29-32(25(35)18-7-9-28-10-8-18)17-24(34)31-13-11-30(12-14-31)21-3-5-22(6-4-21)33(36)37/h1-10,15-16H,11-14,17H2/b29-16+. The molecule has 1 saturated heterocycles. The van der Waals surface area contributed by atoms with Crippen LogP contribution in [0.3, 0.4) is 0 Å². The van der Waals surface area contributed by atoms with Gasteiger partial charge in [-0.3, -0.25) is 24.7 Å². The zero-order valence-corrected chi connectivity index (χ0v) is 21.0. The fourth-order valence-corrected chi connectivity index (χ4v) is 4.23. The van der Waals surface area contributed by atoms with Crippen molar-refractivity contribution >= 4 is 52.6 Å². The van der Waals surface area contributed by atoms with Crippen molar-refractivity contribution in [3.63, 3.8) is 0 Å². The van der Waals surface area contributed by atoms with Gasteiger partial charge in [-0.25, -0.2) is 5.01 Å². The third-order valence-electron chi connectivity index (χ3n) is 5.80. The highest BCUT2D eigenvalue weighted by Gasteiger charge is 2.25. The highest BCUT2D eigenvalue weighted by molar-refractivity contribution is 6.36. The second kappa shape index (κ2) is 11.8. The Kier molecular flexibility index (Phi) is 8.32. The SMILES string of the molecule is O=C(CN(/N=C/c1ccc(Cl)cc1Cl)C(=O)c1ccncc1)N1CCN(c2ccc([N+](=O)[O-])cc2)CC1. The fraction of sp³-hybridized carbons (Fsp3) is 0.200. The van der Waals surface area contributed by atoms with E-state index in [0.717, 1.165) is 10.7 Å². The molecule has 2 amide bonds. The van der Waals surface area contributed by atoms with E-state index >= 15 is 0 Å². The van der Waals surface area contributed by atoms with Crippen LogP contribution in [0.4, 0.5) is 11.4 Å². The maximum absolute atomic E-state index is 13.1. The third-order valence-corrected chi connectivity index (χ3v) is 6.37. The molecule has 0 radical (unpaired) electrons. The van der Waals surface area contributed by atoms with E-state index < -0.39 is 10.8 Å². The van der Waals surface area contributed by atoms with Crippen LogP contribution >= 0.6 is 23.2 Å². The molecule has 2 aromatic carbocycles. The Morgan fingerprint density at radius 3 is 2.32 bits per heavy atom. The quantitative estimate of drug-likeness (QED) is 0.253. The molecule has 1 fully saturated rings. The number of benzene rings is 2. The summed E-state index contributed by atoms with van der Waals surface area (Å²) in [7, 11) is 0. The van der Waals surface area contributed by atoms with Crippen LogP contribution in [0.15, 0.2) is 72.1 Å². The van der Waals surface area contributed by atoms with Crippen LogP contribution in [0, 0.1) is 10.1 Å². The second-order valence-electron chi connectivity index (χ2n) is 8.15. The fourth-order valence-electron chi connectivity index (χ4n) is 3.77. The highest BCUT2D eigenvalue weighted by Crippen LogP contribution is 2.22. The average molecular weight is 541 g/mol. The number of pyridine rings is 1. The van der Waals surface area contributed by atoms with Gasteiger partial charge in [0.2, 0.25) is 5.91 Å². The number of carbonyl (C=O) groups is 2. The largest absolute Gasteiger partial charge is 0.368 e. The van der Waals surface area contributed by atoms with E-state index in [-0.39, 0.29) is 18.1 Å². The predicted molar refractivity (Wildman–Crippen MR) is 141 cm³/mol. The van der Waals surface area contributed by atoms with Crippen LogP contribution in [0.1, 0.15) is 15.9 Å². The van der Waals surface area contributed by atoms with E-state index in [1.165, 1.54) is 30.7 Å². The molecule has 2 heterocycles. The van der Waals surface area contributed by atoms with Gasteiger partial charge in [0.25, 0.3) is 11.6 Å². The number of anilines is 1. The van der Waals surface area contributed by atoms with Gasteiger partial charge in [0.1, 0.15) is 6.54 Å². The second-order valence-corrected chi connectivity index (χ2v) is 8.99. The number of hydrazone groups is 1. The molecule has 4 rings (SSSR count). The van der Waals surface area contributed by atoms with Crippen LogP contribution < -0.4 is 4.90 Å². The first-order valence-corrected chi connectivity index (χ1v) is 12.1. The van der Waals surface area contributed by atoms with Crippen molar-refractivity contribution in [2.24, 2.45) is 5.10 Å². The van der Waals surface area contributed by atoms with E-state index in [0.29, 0.717) is 47.4 Å². The summed E-state index contributed by atoms with van der Waals surface area (Å²) in [6, 6.07) is 14.3. The van der Waals surface area contributed by atoms with Gasteiger partial charge in [-0.1, -0.05) is 29.3 Å². The first kappa shape index (κ1) is 26.1. The number of piperazine rings is 1. The summed E-state index contributed by atoms with van der Waals surface area (Å²) in [5.41, 5.74) is 1.75. The minimum atomic E-state index is -0.457. The van der Waals surface area contributed by atoms with Crippen molar-refractivity contribution in [1.82, 2.24) is 14.9 Å². The minimum Gasteiger partial charge on any atom is -0.368 e. The van der Waals surface area contributed by atoms with Crippen LogP contribution in [-0.4, -0.2) is 70.6 Å². The number of nitrogens with zero attached hydrogens (tertiary/aromatic N) is 6. The van der Waals surface area contributed by atoms with Crippen molar-refractivity contribution in [1.29, 1.82) is 0 Å². The molecule has 190 valence electrons. The molecular weight excluding hydrogens is 519 g/mol. The number of amides is 2. The number of nitro benzene ring substituents is 1. The van der Waals surface area contributed by atoms with Crippen LogP contribution in [0.2, 0.25) is 10.0 Å². The van der Waals surface area contributed by atoms with Gasteiger partial charge in [0, 0.05) is 72.5 Å². The van der Waals surface area contributed by atoms with Gasteiger partial charge >= 0.3 is 0 Å². The summed E-state index contributed by atoms with van der Waals surface area (Å²) in [6.07, 6.45) is 4.40. The monoisotopic (exact) mass is 540 g/mol. The van der Waals surface area contributed by atoms with Gasteiger partial charge in [-0.2, -0.15) is 5.10 Å². The van der Waals surface area contributed by atoms with Gasteiger partial charge < -0.3 is 9.80 Å². The lowest BCUT2D eigenvalue weighted by Crippen LogP contribution is -2.51. The lowest BCUT2D eigenvalue weighted by molar-refractivity contribution is -0.384. The molecule has 10 nitrogen and oxygen atoms in total. The molecule has 37 heavy (non-hydrogen) atoms. The molecule has 0 spiro atoms. The number of hydrogen-bond donors (Lipinski definition) is 0.